The van der Waals surface area contributed by atoms with E-state index >= 15 is 0 Å². The fourth-order valence-electron chi connectivity index (χ4n) is 1.55. The van der Waals surface area contributed by atoms with Crippen LogP contribution in [0.15, 0.2) is 23.1 Å². The van der Waals surface area contributed by atoms with Gasteiger partial charge in [-0.15, -0.1) is 0 Å². The second kappa shape index (κ2) is 5.45. The molecule has 0 radical (unpaired) electrons. The molecular formula is C12H15F2NO4S. The second-order valence-corrected chi connectivity index (χ2v) is 6.96. The van der Waals surface area contributed by atoms with Gasteiger partial charge in [0.2, 0.25) is 10.0 Å². The molecule has 0 saturated carbocycles. The van der Waals surface area contributed by atoms with Crippen LogP contribution in [0.5, 0.6) is 0 Å². The molecular weight excluding hydrogens is 292 g/mol. The van der Waals surface area contributed by atoms with Gasteiger partial charge in [-0.3, -0.25) is 4.79 Å². The fraction of sp³-hybridized carbons (Fsp3) is 0.417. The number of aliphatic carboxylic acids is 1. The number of carbonyl (C=O) groups is 1. The highest BCUT2D eigenvalue weighted by Crippen LogP contribution is 2.24. The van der Waals surface area contributed by atoms with Crippen LogP contribution in [0.4, 0.5) is 8.78 Å². The molecule has 8 heteroatoms. The molecule has 0 fully saturated rings. The molecule has 0 spiro atoms. The Labute approximate surface area is 115 Å². The highest BCUT2D eigenvalue weighted by atomic mass is 32.2. The highest BCUT2D eigenvalue weighted by Gasteiger charge is 2.37. The monoisotopic (exact) mass is 307 g/mol. The summed E-state index contributed by atoms with van der Waals surface area (Å²) in [6.07, 6.45) is 0. The van der Waals surface area contributed by atoms with Gasteiger partial charge in [-0.05, 0) is 17.5 Å². The van der Waals surface area contributed by atoms with Crippen molar-refractivity contribution < 1.29 is 27.1 Å². The van der Waals surface area contributed by atoms with Crippen molar-refractivity contribution in [3.05, 3.63) is 29.8 Å². The largest absolute Gasteiger partial charge is 0.480 e. The summed E-state index contributed by atoms with van der Waals surface area (Å²) >= 11 is 0. The standard InChI is InChI=1S/C12H15F2NO4S/c1-12(2,3)10(11(16)17)15-20(18,19)9-7(13)5-4-6-8(9)14/h4-6,10,15H,1-3H3,(H,16,17)/t10-/m1/s1. The van der Waals surface area contributed by atoms with Gasteiger partial charge in [-0.2, -0.15) is 4.72 Å². The second-order valence-electron chi connectivity index (χ2n) is 5.31. The summed E-state index contributed by atoms with van der Waals surface area (Å²) < 4.78 is 52.8. The maximum Gasteiger partial charge on any atom is 0.322 e. The maximum atomic E-state index is 13.5. The van der Waals surface area contributed by atoms with E-state index in [1.54, 1.807) is 0 Å². The first-order valence-electron chi connectivity index (χ1n) is 5.66. The van der Waals surface area contributed by atoms with Crippen LogP contribution in [0.25, 0.3) is 0 Å². The number of carboxylic acid groups (broad SMARTS) is 1. The third-order valence-electron chi connectivity index (χ3n) is 2.57. The molecule has 5 nitrogen and oxygen atoms in total. The predicted molar refractivity (Wildman–Crippen MR) is 67.6 cm³/mol. The van der Waals surface area contributed by atoms with Gasteiger partial charge in [-0.25, -0.2) is 17.2 Å². The molecule has 1 aromatic carbocycles. The zero-order valence-corrected chi connectivity index (χ0v) is 12.0. The lowest BCUT2D eigenvalue weighted by Gasteiger charge is -2.27. The van der Waals surface area contributed by atoms with Crippen LogP contribution in [-0.2, 0) is 14.8 Å². The van der Waals surface area contributed by atoms with E-state index in [0.717, 1.165) is 18.2 Å². The lowest BCUT2D eigenvalue weighted by Crippen LogP contribution is -2.49. The molecule has 0 heterocycles. The number of hydrogen-bond donors (Lipinski definition) is 2. The quantitative estimate of drug-likeness (QED) is 0.887. The fourth-order valence-corrected chi connectivity index (χ4v) is 3.08. The van der Waals surface area contributed by atoms with Crippen LogP contribution >= 0.6 is 0 Å². The smallest absolute Gasteiger partial charge is 0.322 e. The van der Waals surface area contributed by atoms with E-state index < -0.39 is 44.0 Å². The summed E-state index contributed by atoms with van der Waals surface area (Å²) in [4.78, 5) is 9.93. The number of rotatable bonds is 4. The molecule has 20 heavy (non-hydrogen) atoms. The molecule has 0 bridgehead atoms. The van der Waals surface area contributed by atoms with Crippen molar-refractivity contribution in [3.63, 3.8) is 0 Å². The van der Waals surface area contributed by atoms with Gasteiger partial charge in [0.15, 0.2) is 4.90 Å². The molecule has 0 aromatic heterocycles. The Balaban J connectivity index is 3.28. The van der Waals surface area contributed by atoms with Crippen molar-refractivity contribution in [3.8, 4) is 0 Å². The molecule has 2 N–H and O–H groups in total. The van der Waals surface area contributed by atoms with Crippen LogP contribution in [-0.4, -0.2) is 25.5 Å². The number of sulfonamides is 1. The number of nitrogens with one attached hydrogen (secondary N) is 1. The first-order valence-corrected chi connectivity index (χ1v) is 7.14. The molecule has 1 atom stereocenters. The summed E-state index contributed by atoms with van der Waals surface area (Å²) in [5, 5.41) is 9.04. The molecule has 1 aromatic rings. The minimum absolute atomic E-state index is 0.782. The van der Waals surface area contributed by atoms with E-state index in [2.05, 4.69) is 0 Å². The molecule has 0 aliphatic carbocycles. The average molecular weight is 307 g/mol. The first kappa shape index (κ1) is 16.5. The summed E-state index contributed by atoms with van der Waals surface area (Å²) in [6.45, 7) is 4.48. The van der Waals surface area contributed by atoms with E-state index in [4.69, 9.17) is 5.11 Å². The zero-order valence-electron chi connectivity index (χ0n) is 11.1. The van der Waals surface area contributed by atoms with Gasteiger partial charge in [0.05, 0.1) is 0 Å². The summed E-state index contributed by atoms with van der Waals surface area (Å²) in [5.74, 6) is -4.00. The van der Waals surface area contributed by atoms with Crippen molar-refractivity contribution >= 4 is 16.0 Å². The predicted octanol–water partition coefficient (Wildman–Crippen LogP) is 1.74. The van der Waals surface area contributed by atoms with Crippen molar-refractivity contribution in [1.82, 2.24) is 4.72 Å². The number of benzene rings is 1. The molecule has 112 valence electrons. The van der Waals surface area contributed by atoms with Crippen LogP contribution in [0.3, 0.4) is 0 Å². The average Bonchev–Trinajstić information content (AvgIpc) is 2.23. The maximum absolute atomic E-state index is 13.5. The van der Waals surface area contributed by atoms with Crippen molar-refractivity contribution in [2.45, 2.75) is 31.7 Å². The lowest BCUT2D eigenvalue weighted by molar-refractivity contribution is -0.141. The number of carboxylic acids is 1. The minimum Gasteiger partial charge on any atom is -0.480 e. The van der Waals surface area contributed by atoms with E-state index in [1.165, 1.54) is 20.8 Å². The molecule has 0 amide bonds. The van der Waals surface area contributed by atoms with Crippen molar-refractivity contribution in [1.29, 1.82) is 0 Å². The highest BCUT2D eigenvalue weighted by molar-refractivity contribution is 7.89. The SMILES string of the molecule is CC(C)(C)[C@H](NS(=O)(=O)c1c(F)cccc1F)C(=O)O. The lowest BCUT2D eigenvalue weighted by atomic mass is 9.88. The van der Waals surface area contributed by atoms with Crippen molar-refractivity contribution in [2.75, 3.05) is 0 Å². The zero-order chi connectivity index (χ0) is 15.7. The van der Waals surface area contributed by atoms with Crippen LogP contribution in [0.1, 0.15) is 20.8 Å². The normalized spacial score (nSPS) is 14.1. The Kier molecular flexibility index (Phi) is 4.50. The Bertz CT molecular complexity index is 603. The van der Waals surface area contributed by atoms with Gasteiger partial charge in [-0.1, -0.05) is 26.8 Å². The molecule has 0 aliphatic heterocycles. The summed E-state index contributed by atoms with van der Waals surface area (Å²) in [6, 6.07) is 1.06. The molecule has 0 unspecified atom stereocenters. The van der Waals surface area contributed by atoms with Crippen molar-refractivity contribution in [2.24, 2.45) is 5.41 Å². The Hall–Kier alpha value is -1.54. The van der Waals surface area contributed by atoms with Crippen LogP contribution in [0.2, 0.25) is 0 Å². The van der Waals surface area contributed by atoms with Gasteiger partial charge in [0, 0.05) is 0 Å². The van der Waals surface area contributed by atoms with Gasteiger partial charge < -0.3 is 5.11 Å². The van der Waals surface area contributed by atoms with Gasteiger partial charge >= 0.3 is 5.97 Å². The third kappa shape index (κ3) is 3.51. The van der Waals surface area contributed by atoms with E-state index in [-0.39, 0.29) is 0 Å². The van der Waals surface area contributed by atoms with Gasteiger partial charge in [0.25, 0.3) is 0 Å². The molecule has 0 saturated heterocycles. The Morgan fingerprint density at radius 3 is 2.05 bits per heavy atom. The molecule has 1 rings (SSSR count). The summed E-state index contributed by atoms with van der Waals surface area (Å²) in [7, 11) is -4.63. The Morgan fingerprint density at radius 2 is 1.70 bits per heavy atom. The van der Waals surface area contributed by atoms with E-state index in [9.17, 15) is 22.0 Å². The van der Waals surface area contributed by atoms with Gasteiger partial charge in [0.1, 0.15) is 17.7 Å². The number of hydrogen-bond acceptors (Lipinski definition) is 3. The first-order chi connectivity index (χ1) is 8.97. The van der Waals surface area contributed by atoms with Crippen LogP contribution < -0.4 is 4.72 Å². The molecule has 0 aliphatic rings. The topological polar surface area (TPSA) is 83.5 Å². The minimum atomic E-state index is -4.63. The van der Waals surface area contributed by atoms with E-state index in [1.807, 2.05) is 4.72 Å². The van der Waals surface area contributed by atoms with Crippen LogP contribution in [0, 0.1) is 17.0 Å². The third-order valence-corrected chi connectivity index (χ3v) is 4.05. The summed E-state index contributed by atoms with van der Waals surface area (Å²) in [5.41, 5.74) is -0.972. The number of halogens is 2. The Morgan fingerprint density at radius 1 is 1.25 bits per heavy atom. The van der Waals surface area contributed by atoms with E-state index in [0.29, 0.717) is 0 Å².